The first-order valence-electron chi connectivity index (χ1n) is 7.94. The van der Waals surface area contributed by atoms with Gasteiger partial charge in [-0.3, -0.25) is 14.9 Å². The summed E-state index contributed by atoms with van der Waals surface area (Å²) in [4.78, 5) is 22.5. The molecule has 9 heteroatoms. The van der Waals surface area contributed by atoms with Gasteiger partial charge in [0, 0.05) is 17.2 Å². The molecule has 1 fully saturated rings. The normalized spacial score (nSPS) is 14.4. The maximum atomic E-state index is 12.1. The third-order valence-corrected chi connectivity index (χ3v) is 4.32. The molecule has 0 aliphatic heterocycles. The van der Waals surface area contributed by atoms with E-state index in [1.807, 2.05) is 4.68 Å². The average molecular weight is 365 g/mol. The topological polar surface area (TPSA) is 99.3 Å². The van der Waals surface area contributed by atoms with E-state index >= 15 is 0 Å². The Kier molecular flexibility index (Phi) is 5.18. The fourth-order valence-electron chi connectivity index (χ4n) is 2.93. The molecule has 2 aromatic rings. The SMILES string of the molecule is O=C(COc1ccc(Cl)cc1[N+](=O)[O-])Nc1ccnn1C1CCCC1. The molecule has 1 N–H and O–H groups in total. The number of rotatable bonds is 6. The maximum absolute atomic E-state index is 12.1. The molecular formula is C16H17ClN4O4. The van der Waals surface area contributed by atoms with Gasteiger partial charge in [0.2, 0.25) is 0 Å². The Morgan fingerprint density at radius 2 is 2.16 bits per heavy atom. The molecule has 3 rings (SSSR count). The van der Waals surface area contributed by atoms with Crippen LogP contribution in [-0.4, -0.2) is 27.2 Å². The van der Waals surface area contributed by atoms with Crippen molar-refractivity contribution in [1.29, 1.82) is 0 Å². The van der Waals surface area contributed by atoms with E-state index in [4.69, 9.17) is 16.3 Å². The van der Waals surface area contributed by atoms with E-state index in [2.05, 4.69) is 10.4 Å². The lowest BCUT2D eigenvalue weighted by Crippen LogP contribution is -2.23. The summed E-state index contributed by atoms with van der Waals surface area (Å²) in [5.74, 6) is 0.184. The highest BCUT2D eigenvalue weighted by atomic mass is 35.5. The molecule has 1 aliphatic rings. The number of hydrogen-bond donors (Lipinski definition) is 1. The first-order chi connectivity index (χ1) is 12.0. The Labute approximate surface area is 148 Å². The molecule has 0 saturated heterocycles. The van der Waals surface area contributed by atoms with Crippen LogP contribution in [0, 0.1) is 10.1 Å². The van der Waals surface area contributed by atoms with Crippen LogP contribution in [-0.2, 0) is 4.79 Å². The summed E-state index contributed by atoms with van der Waals surface area (Å²) in [6.07, 6.45) is 6.03. The van der Waals surface area contributed by atoms with Crippen molar-refractivity contribution in [1.82, 2.24) is 9.78 Å². The smallest absolute Gasteiger partial charge is 0.312 e. The first-order valence-corrected chi connectivity index (χ1v) is 8.32. The standard InChI is InChI=1S/C16H17ClN4O4/c17-11-5-6-14(13(9-11)21(23)24)25-10-16(22)19-15-7-8-18-20(15)12-3-1-2-4-12/h5-9,12H,1-4,10H2,(H,19,22). The second kappa shape index (κ2) is 7.52. The summed E-state index contributed by atoms with van der Waals surface area (Å²) < 4.78 is 7.10. The van der Waals surface area contributed by atoms with E-state index in [0.717, 1.165) is 25.7 Å². The average Bonchev–Trinajstić information content (AvgIpc) is 3.24. The Hall–Kier alpha value is -2.61. The molecule has 1 heterocycles. The minimum absolute atomic E-state index is 0.00569. The Morgan fingerprint density at radius 1 is 1.40 bits per heavy atom. The number of nitrogens with zero attached hydrogens (tertiary/aromatic N) is 3. The summed E-state index contributed by atoms with van der Waals surface area (Å²) in [7, 11) is 0. The van der Waals surface area contributed by atoms with Gasteiger partial charge in [0.25, 0.3) is 5.91 Å². The van der Waals surface area contributed by atoms with Gasteiger partial charge in [0.05, 0.1) is 17.2 Å². The molecule has 1 amide bonds. The molecule has 1 aliphatic carbocycles. The minimum atomic E-state index is -0.603. The van der Waals surface area contributed by atoms with Crippen LogP contribution in [0.1, 0.15) is 31.7 Å². The number of carbonyl (C=O) groups is 1. The van der Waals surface area contributed by atoms with Crippen molar-refractivity contribution in [3.05, 3.63) is 45.6 Å². The lowest BCUT2D eigenvalue weighted by atomic mass is 10.2. The van der Waals surface area contributed by atoms with Crippen LogP contribution in [0.2, 0.25) is 5.02 Å². The number of nitrogens with one attached hydrogen (secondary N) is 1. The number of hydrogen-bond acceptors (Lipinski definition) is 5. The highest BCUT2D eigenvalue weighted by Crippen LogP contribution is 2.31. The molecule has 8 nitrogen and oxygen atoms in total. The van der Waals surface area contributed by atoms with Crippen LogP contribution in [0.4, 0.5) is 11.5 Å². The maximum Gasteiger partial charge on any atom is 0.312 e. The molecule has 1 aromatic heterocycles. The van der Waals surface area contributed by atoms with E-state index in [1.54, 1.807) is 12.3 Å². The van der Waals surface area contributed by atoms with Crippen molar-refractivity contribution in [2.45, 2.75) is 31.7 Å². The number of benzene rings is 1. The van der Waals surface area contributed by atoms with Crippen LogP contribution in [0.3, 0.4) is 0 Å². The summed E-state index contributed by atoms with van der Waals surface area (Å²) in [6.45, 7) is -0.349. The highest BCUT2D eigenvalue weighted by molar-refractivity contribution is 6.30. The van der Waals surface area contributed by atoms with Crippen LogP contribution in [0.5, 0.6) is 5.75 Å². The zero-order chi connectivity index (χ0) is 17.8. The number of amides is 1. The lowest BCUT2D eigenvalue weighted by molar-refractivity contribution is -0.385. The first kappa shape index (κ1) is 17.2. The monoisotopic (exact) mass is 364 g/mol. The third kappa shape index (κ3) is 4.08. The molecule has 1 aromatic carbocycles. The van der Waals surface area contributed by atoms with Gasteiger partial charge in [0.15, 0.2) is 12.4 Å². The van der Waals surface area contributed by atoms with Gasteiger partial charge in [0.1, 0.15) is 5.82 Å². The number of anilines is 1. The Morgan fingerprint density at radius 3 is 2.88 bits per heavy atom. The number of ether oxygens (including phenoxy) is 1. The quantitative estimate of drug-likeness (QED) is 0.623. The van der Waals surface area contributed by atoms with Crippen LogP contribution < -0.4 is 10.1 Å². The summed E-state index contributed by atoms with van der Waals surface area (Å²) in [6, 6.07) is 6.04. The molecule has 0 spiro atoms. The molecule has 1 saturated carbocycles. The second-order valence-electron chi connectivity index (χ2n) is 5.81. The zero-order valence-electron chi connectivity index (χ0n) is 13.4. The van der Waals surface area contributed by atoms with Gasteiger partial charge >= 0.3 is 5.69 Å². The second-order valence-corrected chi connectivity index (χ2v) is 6.24. The van der Waals surface area contributed by atoms with Crippen molar-refractivity contribution in [2.75, 3.05) is 11.9 Å². The van der Waals surface area contributed by atoms with Gasteiger partial charge in [-0.25, -0.2) is 4.68 Å². The summed E-state index contributed by atoms with van der Waals surface area (Å²) in [5.41, 5.74) is -0.281. The summed E-state index contributed by atoms with van der Waals surface area (Å²) in [5, 5.41) is 18.3. The molecule has 0 radical (unpaired) electrons. The van der Waals surface area contributed by atoms with Crippen LogP contribution >= 0.6 is 11.6 Å². The van der Waals surface area contributed by atoms with Gasteiger partial charge in [-0.2, -0.15) is 5.10 Å². The molecule has 0 atom stereocenters. The zero-order valence-corrected chi connectivity index (χ0v) is 14.1. The van der Waals surface area contributed by atoms with Crippen molar-refractivity contribution in [3.63, 3.8) is 0 Å². The van der Waals surface area contributed by atoms with E-state index < -0.39 is 10.8 Å². The van der Waals surface area contributed by atoms with Crippen molar-refractivity contribution >= 4 is 29.0 Å². The molecule has 25 heavy (non-hydrogen) atoms. The van der Waals surface area contributed by atoms with Gasteiger partial charge in [-0.05, 0) is 25.0 Å². The fourth-order valence-corrected chi connectivity index (χ4v) is 3.10. The molecule has 0 unspecified atom stereocenters. The van der Waals surface area contributed by atoms with Gasteiger partial charge < -0.3 is 10.1 Å². The fraction of sp³-hybridized carbons (Fsp3) is 0.375. The number of nitro groups is 1. The Balaban J connectivity index is 1.63. The predicted molar refractivity (Wildman–Crippen MR) is 92.0 cm³/mol. The van der Waals surface area contributed by atoms with E-state index in [1.165, 1.54) is 18.2 Å². The Bertz CT molecular complexity index is 786. The lowest BCUT2D eigenvalue weighted by Gasteiger charge is -2.14. The minimum Gasteiger partial charge on any atom is -0.477 e. The van der Waals surface area contributed by atoms with E-state index in [-0.39, 0.29) is 23.1 Å². The van der Waals surface area contributed by atoms with Crippen molar-refractivity contribution in [2.24, 2.45) is 0 Å². The molecule has 132 valence electrons. The van der Waals surface area contributed by atoms with Gasteiger partial charge in [-0.1, -0.05) is 24.4 Å². The number of aromatic nitrogens is 2. The van der Waals surface area contributed by atoms with Crippen LogP contribution in [0.15, 0.2) is 30.5 Å². The van der Waals surface area contributed by atoms with E-state index in [9.17, 15) is 14.9 Å². The third-order valence-electron chi connectivity index (χ3n) is 4.08. The van der Waals surface area contributed by atoms with Crippen LogP contribution in [0.25, 0.3) is 0 Å². The van der Waals surface area contributed by atoms with Crippen molar-refractivity contribution < 1.29 is 14.5 Å². The van der Waals surface area contributed by atoms with E-state index in [0.29, 0.717) is 11.9 Å². The van der Waals surface area contributed by atoms with Crippen molar-refractivity contribution in [3.8, 4) is 5.75 Å². The number of nitro benzene ring substituents is 1. The number of carbonyl (C=O) groups excluding carboxylic acids is 1. The van der Waals surface area contributed by atoms with Gasteiger partial charge in [-0.15, -0.1) is 0 Å². The predicted octanol–water partition coefficient (Wildman–Crippen LogP) is 3.58. The number of halogens is 1. The molecular weight excluding hydrogens is 348 g/mol. The largest absolute Gasteiger partial charge is 0.477 e. The summed E-state index contributed by atoms with van der Waals surface area (Å²) >= 11 is 5.75. The molecule has 0 bridgehead atoms. The highest BCUT2D eigenvalue weighted by Gasteiger charge is 2.21.